The van der Waals surface area contributed by atoms with Crippen molar-refractivity contribution in [3.63, 3.8) is 0 Å². The molecule has 3 unspecified atom stereocenters. The molecule has 120 valence electrons. The number of anilines is 1. The van der Waals surface area contributed by atoms with Crippen molar-refractivity contribution in [3.05, 3.63) is 45.6 Å². The van der Waals surface area contributed by atoms with E-state index in [0.717, 1.165) is 25.1 Å². The molecule has 0 spiro atoms. The van der Waals surface area contributed by atoms with Gasteiger partial charge in [-0.2, -0.15) is 0 Å². The molecule has 0 aliphatic carbocycles. The quantitative estimate of drug-likeness (QED) is 0.923. The van der Waals surface area contributed by atoms with Crippen molar-refractivity contribution < 1.29 is 14.4 Å². The second-order valence-electron chi connectivity index (χ2n) is 5.96. The Morgan fingerprint density at radius 1 is 1.39 bits per heavy atom. The zero-order valence-electron chi connectivity index (χ0n) is 12.8. The summed E-state index contributed by atoms with van der Waals surface area (Å²) in [5.41, 5.74) is 0.848. The molecule has 23 heavy (non-hydrogen) atoms. The van der Waals surface area contributed by atoms with E-state index in [-0.39, 0.29) is 18.1 Å². The van der Waals surface area contributed by atoms with Gasteiger partial charge >= 0.3 is 0 Å². The highest BCUT2D eigenvalue weighted by atomic mass is 35.5. The average Bonchev–Trinajstić information content (AvgIpc) is 3.26. The van der Waals surface area contributed by atoms with Crippen LogP contribution in [0.1, 0.15) is 23.9 Å². The molecule has 1 N–H and O–H groups in total. The van der Waals surface area contributed by atoms with Gasteiger partial charge in [0.15, 0.2) is 6.04 Å². The fourth-order valence-electron chi connectivity index (χ4n) is 3.78. The maximum Gasteiger partial charge on any atom is 0.290 e. The summed E-state index contributed by atoms with van der Waals surface area (Å²) in [6, 6.07) is 9.82. The number of halogens is 1. The standard InChI is InChI=1S/C17H17ClN2O2S/c1-22-14-7-6-11(10-12(14)18)20-16(15-5-3-9-23-15)19-8-2-4-13(19)17(20)21/h3,5-7,9-10,13,16H,2,4,8H2,1H3/p+1. The Hall–Kier alpha value is -1.56. The van der Waals surface area contributed by atoms with Crippen LogP contribution in [-0.4, -0.2) is 25.6 Å². The number of nitrogens with one attached hydrogen (secondary N) is 1. The molecule has 3 atom stereocenters. The lowest BCUT2D eigenvalue weighted by Gasteiger charge is -2.25. The van der Waals surface area contributed by atoms with Gasteiger partial charge in [0.25, 0.3) is 5.91 Å². The summed E-state index contributed by atoms with van der Waals surface area (Å²) in [6.45, 7) is 1.04. The number of carbonyl (C=O) groups is 1. The zero-order chi connectivity index (χ0) is 16.0. The van der Waals surface area contributed by atoms with Gasteiger partial charge in [-0.3, -0.25) is 9.69 Å². The first-order valence-electron chi connectivity index (χ1n) is 7.76. The zero-order valence-corrected chi connectivity index (χ0v) is 14.4. The van der Waals surface area contributed by atoms with Crippen LogP contribution in [-0.2, 0) is 4.79 Å². The van der Waals surface area contributed by atoms with Crippen LogP contribution in [0.3, 0.4) is 0 Å². The number of ether oxygens (including phenoxy) is 1. The van der Waals surface area contributed by atoms with Gasteiger partial charge in [0.1, 0.15) is 5.75 Å². The molecule has 1 amide bonds. The highest BCUT2D eigenvalue weighted by Crippen LogP contribution is 2.36. The van der Waals surface area contributed by atoms with Crippen LogP contribution in [0.15, 0.2) is 35.7 Å². The maximum absolute atomic E-state index is 13.0. The molecule has 2 fully saturated rings. The van der Waals surface area contributed by atoms with Gasteiger partial charge in [0.2, 0.25) is 6.17 Å². The predicted octanol–water partition coefficient (Wildman–Crippen LogP) is 2.50. The molecule has 3 heterocycles. The van der Waals surface area contributed by atoms with Gasteiger partial charge in [-0.1, -0.05) is 17.7 Å². The highest BCUT2D eigenvalue weighted by Gasteiger charge is 2.53. The van der Waals surface area contributed by atoms with Crippen LogP contribution in [0.2, 0.25) is 5.02 Å². The summed E-state index contributed by atoms with van der Waals surface area (Å²) in [7, 11) is 1.59. The largest absolute Gasteiger partial charge is 0.495 e. The van der Waals surface area contributed by atoms with Crippen molar-refractivity contribution in [2.45, 2.75) is 25.0 Å². The summed E-state index contributed by atoms with van der Waals surface area (Å²) in [6.07, 6.45) is 2.14. The molecule has 2 saturated heterocycles. The first-order chi connectivity index (χ1) is 11.2. The lowest BCUT2D eigenvalue weighted by molar-refractivity contribution is -0.924. The smallest absolute Gasteiger partial charge is 0.290 e. The highest BCUT2D eigenvalue weighted by molar-refractivity contribution is 7.10. The van der Waals surface area contributed by atoms with Crippen molar-refractivity contribution in [3.8, 4) is 5.75 Å². The van der Waals surface area contributed by atoms with Gasteiger partial charge in [-0.15, -0.1) is 11.3 Å². The van der Waals surface area contributed by atoms with Crippen molar-refractivity contribution in [1.29, 1.82) is 0 Å². The second-order valence-corrected chi connectivity index (χ2v) is 7.35. The van der Waals surface area contributed by atoms with Crippen molar-refractivity contribution in [2.75, 3.05) is 18.6 Å². The van der Waals surface area contributed by atoms with Crippen LogP contribution in [0.4, 0.5) is 5.69 Å². The van der Waals surface area contributed by atoms with E-state index >= 15 is 0 Å². The van der Waals surface area contributed by atoms with E-state index < -0.39 is 0 Å². The SMILES string of the molecule is COc1ccc(N2C(=O)C3CCC[NH+]3C2c2cccs2)cc1Cl. The minimum absolute atomic E-state index is 0.0551. The van der Waals surface area contributed by atoms with E-state index in [1.54, 1.807) is 18.4 Å². The molecule has 1 aromatic carbocycles. The van der Waals surface area contributed by atoms with Gasteiger partial charge in [0.05, 0.1) is 29.2 Å². The van der Waals surface area contributed by atoms with Gasteiger partial charge in [-0.05, 0) is 29.6 Å². The monoisotopic (exact) mass is 349 g/mol. The number of carbonyl (C=O) groups excluding carboxylic acids is 1. The molecule has 0 radical (unpaired) electrons. The number of methoxy groups -OCH3 is 1. The Balaban J connectivity index is 1.78. The third kappa shape index (κ3) is 2.35. The van der Waals surface area contributed by atoms with Crippen molar-refractivity contribution in [2.24, 2.45) is 0 Å². The van der Waals surface area contributed by atoms with E-state index in [2.05, 4.69) is 11.4 Å². The minimum atomic E-state index is 0.0551. The van der Waals surface area contributed by atoms with E-state index in [0.29, 0.717) is 10.8 Å². The minimum Gasteiger partial charge on any atom is -0.495 e. The average molecular weight is 350 g/mol. The Morgan fingerprint density at radius 3 is 2.96 bits per heavy atom. The molecule has 0 saturated carbocycles. The number of hydrogen-bond donors (Lipinski definition) is 1. The molecule has 4 nitrogen and oxygen atoms in total. The molecule has 1 aromatic heterocycles. The molecule has 6 heteroatoms. The predicted molar refractivity (Wildman–Crippen MR) is 91.4 cm³/mol. The van der Waals surface area contributed by atoms with Crippen LogP contribution in [0, 0.1) is 0 Å². The van der Waals surface area contributed by atoms with Crippen LogP contribution in [0.25, 0.3) is 0 Å². The van der Waals surface area contributed by atoms with Crippen molar-refractivity contribution >= 4 is 34.5 Å². The Labute approximate surface area is 144 Å². The third-order valence-corrected chi connectivity index (χ3v) is 6.00. The number of fused-ring (bicyclic) bond motifs is 1. The molecule has 0 bridgehead atoms. The Kier molecular flexibility index (Phi) is 3.79. The fraction of sp³-hybridized carbons (Fsp3) is 0.353. The van der Waals surface area contributed by atoms with Crippen LogP contribution < -0.4 is 14.5 Å². The molecular formula is C17H18ClN2O2S+. The number of hydrogen-bond acceptors (Lipinski definition) is 3. The topological polar surface area (TPSA) is 34.0 Å². The normalized spacial score (nSPS) is 26.6. The van der Waals surface area contributed by atoms with E-state index in [1.807, 2.05) is 29.2 Å². The van der Waals surface area contributed by atoms with E-state index in [9.17, 15) is 4.79 Å². The molecule has 2 aliphatic rings. The van der Waals surface area contributed by atoms with Gasteiger partial charge in [-0.25, -0.2) is 0 Å². The molecular weight excluding hydrogens is 332 g/mol. The van der Waals surface area contributed by atoms with E-state index in [4.69, 9.17) is 16.3 Å². The van der Waals surface area contributed by atoms with Crippen LogP contribution in [0.5, 0.6) is 5.75 Å². The maximum atomic E-state index is 13.0. The summed E-state index contributed by atoms with van der Waals surface area (Å²) in [5, 5.41) is 2.60. The first kappa shape index (κ1) is 15.0. The third-order valence-electron chi connectivity index (χ3n) is 4.78. The van der Waals surface area contributed by atoms with Crippen LogP contribution >= 0.6 is 22.9 Å². The Morgan fingerprint density at radius 2 is 2.26 bits per heavy atom. The van der Waals surface area contributed by atoms with Gasteiger partial charge in [0, 0.05) is 12.8 Å². The van der Waals surface area contributed by atoms with Crippen molar-refractivity contribution in [1.82, 2.24) is 0 Å². The second kappa shape index (κ2) is 5.82. The first-order valence-corrected chi connectivity index (χ1v) is 9.02. The summed E-state index contributed by atoms with van der Waals surface area (Å²) in [5.74, 6) is 0.833. The van der Waals surface area contributed by atoms with E-state index in [1.165, 1.54) is 9.78 Å². The Bertz CT molecular complexity index is 734. The summed E-state index contributed by atoms with van der Waals surface area (Å²) >= 11 is 7.99. The fourth-order valence-corrected chi connectivity index (χ4v) is 4.89. The number of thiophene rings is 1. The molecule has 2 aliphatic heterocycles. The summed E-state index contributed by atoms with van der Waals surface area (Å²) in [4.78, 5) is 17.5. The molecule has 2 aromatic rings. The number of benzene rings is 1. The molecule has 4 rings (SSSR count). The number of rotatable bonds is 3. The van der Waals surface area contributed by atoms with Gasteiger partial charge < -0.3 is 9.64 Å². The number of nitrogens with zero attached hydrogens (tertiary/aromatic N) is 1. The lowest BCUT2D eigenvalue weighted by atomic mass is 10.2. The number of amides is 1. The number of quaternary nitrogens is 1. The summed E-state index contributed by atoms with van der Waals surface area (Å²) < 4.78 is 5.22. The lowest BCUT2D eigenvalue weighted by Crippen LogP contribution is -3.12.